The van der Waals surface area contributed by atoms with E-state index in [0.717, 1.165) is 13.0 Å². The summed E-state index contributed by atoms with van der Waals surface area (Å²) in [6, 6.07) is 6.82. The van der Waals surface area contributed by atoms with Crippen LogP contribution in [0.1, 0.15) is 13.3 Å². The van der Waals surface area contributed by atoms with Crippen molar-refractivity contribution in [3.8, 4) is 5.75 Å². The van der Waals surface area contributed by atoms with Crippen molar-refractivity contribution in [2.75, 3.05) is 46.6 Å². The highest BCUT2D eigenvalue weighted by Crippen LogP contribution is 2.18. The fourth-order valence-electron chi connectivity index (χ4n) is 2.10. The van der Waals surface area contributed by atoms with Gasteiger partial charge < -0.3 is 19.4 Å². The first-order chi connectivity index (χ1) is 10.2. The summed E-state index contributed by atoms with van der Waals surface area (Å²) < 4.78 is 5.81. The van der Waals surface area contributed by atoms with Crippen LogP contribution >= 0.6 is 0 Å². The number of hydrogen-bond acceptors (Lipinski definition) is 3. The van der Waals surface area contributed by atoms with Gasteiger partial charge in [0.2, 0.25) is 0 Å². The van der Waals surface area contributed by atoms with Crippen molar-refractivity contribution in [1.82, 2.24) is 4.90 Å². The van der Waals surface area contributed by atoms with Crippen LogP contribution in [0.5, 0.6) is 5.75 Å². The average molecular weight is 308 g/mol. The number of ether oxygens (including phenoxy) is 1. The number of benzene rings is 1. The van der Waals surface area contributed by atoms with Gasteiger partial charge in [0.25, 0.3) is 5.91 Å². The second kappa shape index (κ2) is 7.79. The van der Waals surface area contributed by atoms with E-state index in [9.17, 15) is 9.59 Å². The number of carbonyl (C=O) groups excluding carboxylic acids is 2. The number of hydrogen-bond donors (Lipinski definition) is 1. The molecular formula is C16H26N3O3+. The molecule has 1 aromatic rings. The van der Waals surface area contributed by atoms with E-state index < -0.39 is 6.09 Å². The van der Waals surface area contributed by atoms with E-state index in [-0.39, 0.29) is 5.91 Å². The predicted octanol–water partition coefficient (Wildman–Crippen LogP) is 2.17. The maximum Gasteiger partial charge on any atom is 0.414 e. The second-order valence-electron chi connectivity index (χ2n) is 6.16. The number of nitrogens with zero attached hydrogens (tertiary/aromatic N) is 2. The van der Waals surface area contributed by atoms with Crippen LogP contribution in [-0.2, 0) is 4.79 Å². The molecule has 0 aliphatic carbocycles. The molecule has 0 aliphatic heterocycles. The van der Waals surface area contributed by atoms with Gasteiger partial charge in [-0.3, -0.25) is 4.79 Å². The van der Waals surface area contributed by atoms with Crippen molar-refractivity contribution in [2.24, 2.45) is 0 Å². The van der Waals surface area contributed by atoms with E-state index in [1.54, 1.807) is 38.4 Å². The van der Waals surface area contributed by atoms with Crippen LogP contribution in [-0.4, -0.2) is 62.7 Å². The molecule has 0 saturated carbocycles. The normalized spacial score (nSPS) is 11.0. The van der Waals surface area contributed by atoms with Gasteiger partial charge >= 0.3 is 6.09 Å². The number of likely N-dealkylation sites (N-methyl/N-ethyl adjacent to an activating group) is 1. The summed E-state index contributed by atoms with van der Waals surface area (Å²) in [5.41, 5.74) is 0.616. The van der Waals surface area contributed by atoms with Gasteiger partial charge in [-0.1, -0.05) is 13.0 Å². The number of rotatable bonds is 6. The third kappa shape index (κ3) is 6.13. The van der Waals surface area contributed by atoms with E-state index >= 15 is 0 Å². The zero-order valence-corrected chi connectivity index (χ0v) is 14.0. The molecule has 6 nitrogen and oxygen atoms in total. The number of quaternary nitrogens is 1. The Morgan fingerprint density at radius 2 is 1.95 bits per heavy atom. The molecule has 22 heavy (non-hydrogen) atoms. The summed E-state index contributed by atoms with van der Waals surface area (Å²) in [6.45, 7) is 3.43. The minimum Gasteiger partial charge on any atom is -0.410 e. The van der Waals surface area contributed by atoms with Gasteiger partial charge in [-0.2, -0.15) is 0 Å². The van der Waals surface area contributed by atoms with E-state index in [4.69, 9.17) is 4.74 Å². The third-order valence-electron chi connectivity index (χ3n) is 3.09. The molecule has 0 radical (unpaired) electrons. The molecule has 122 valence electrons. The van der Waals surface area contributed by atoms with E-state index in [1.165, 1.54) is 4.90 Å². The molecule has 2 amide bonds. The molecule has 0 fully saturated rings. The molecule has 0 spiro atoms. The third-order valence-corrected chi connectivity index (χ3v) is 3.09. The Balaban J connectivity index is 2.66. The molecule has 1 N–H and O–H groups in total. The standard InChI is InChI=1S/C16H25N3O3/c1-6-10-19(4,5)12-15(20)17-13-8-7-9-14(11-13)22-16(21)18(2)3/h7-9,11H,6,10,12H2,1-5H3/p+1. The van der Waals surface area contributed by atoms with Crippen molar-refractivity contribution in [1.29, 1.82) is 0 Å². The highest BCUT2D eigenvalue weighted by atomic mass is 16.6. The highest BCUT2D eigenvalue weighted by Gasteiger charge is 2.19. The topological polar surface area (TPSA) is 58.6 Å². The molecule has 0 aromatic heterocycles. The molecule has 0 aliphatic rings. The molecule has 0 unspecified atom stereocenters. The highest BCUT2D eigenvalue weighted by molar-refractivity contribution is 5.91. The van der Waals surface area contributed by atoms with Crippen LogP contribution in [0.2, 0.25) is 0 Å². The summed E-state index contributed by atoms with van der Waals surface area (Å²) in [7, 11) is 7.28. The van der Waals surface area contributed by atoms with Gasteiger partial charge in [0.15, 0.2) is 6.54 Å². The van der Waals surface area contributed by atoms with Crippen molar-refractivity contribution in [3.63, 3.8) is 0 Å². The van der Waals surface area contributed by atoms with Crippen molar-refractivity contribution >= 4 is 17.7 Å². The zero-order chi connectivity index (χ0) is 16.8. The average Bonchev–Trinajstić information content (AvgIpc) is 2.37. The number of nitrogens with one attached hydrogen (secondary N) is 1. The molecule has 1 aromatic carbocycles. The van der Waals surface area contributed by atoms with Crippen LogP contribution < -0.4 is 10.1 Å². The lowest BCUT2D eigenvalue weighted by atomic mass is 10.3. The van der Waals surface area contributed by atoms with Crippen molar-refractivity contribution in [2.45, 2.75) is 13.3 Å². The Hall–Kier alpha value is -2.08. The SMILES string of the molecule is CCC[N+](C)(C)CC(=O)Nc1cccc(OC(=O)N(C)C)c1. The first kappa shape index (κ1) is 18.0. The largest absolute Gasteiger partial charge is 0.414 e. The van der Waals surface area contributed by atoms with Crippen LogP contribution in [0.25, 0.3) is 0 Å². The fraction of sp³-hybridized carbons (Fsp3) is 0.500. The van der Waals surface area contributed by atoms with Crippen LogP contribution in [0.15, 0.2) is 24.3 Å². The summed E-state index contributed by atoms with van der Waals surface area (Å²) in [5.74, 6) is 0.341. The Labute approximate surface area is 132 Å². The molecule has 0 heterocycles. The van der Waals surface area contributed by atoms with E-state index in [1.807, 2.05) is 14.1 Å². The van der Waals surface area contributed by atoms with Gasteiger partial charge in [0, 0.05) is 25.8 Å². The van der Waals surface area contributed by atoms with Crippen LogP contribution in [0.3, 0.4) is 0 Å². The predicted molar refractivity (Wildman–Crippen MR) is 86.9 cm³/mol. The minimum atomic E-state index is -0.454. The smallest absolute Gasteiger partial charge is 0.410 e. The van der Waals surface area contributed by atoms with E-state index in [0.29, 0.717) is 22.5 Å². The monoisotopic (exact) mass is 308 g/mol. The summed E-state index contributed by atoms with van der Waals surface area (Å²) >= 11 is 0. The zero-order valence-electron chi connectivity index (χ0n) is 14.0. The molecule has 6 heteroatoms. The van der Waals surface area contributed by atoms with Crippen molar-refractivity contribution in [3.05, 3.63) is 24.3 Å². The summed E-state index contributed by atoms with van der Waals surface area (Å²) in [5, 5.41) is 2.84. The van der Waals surface area contributed by atoms with Gasteiger partial charge in [-0.15, -0.1) is 0 Å². The molecule has 0 bridgehead atoms. The van der Waals surface area contributed by atoms with Crippen LogP contribution in [0.4, 0.5) is 10.5 Å². The second-order valence-corrected chi connectivity index (χ2v) is 6.16. The van der Waals surface area contributed by atoms with Gasteiger partial charge in [-0.25, -0.2) is 4.79 Å². The molecule has 1 rings (SSSR count). The van der Waals surface area contributed by atoms with Gasteiger partial charge in [-0.05, 0) is 18.6 Å². The van der Waals surface area contributed by atoms with Gasteiger partial charge in [0.1, 0.15) is 5.75 Å². The number of anilines is 1. The lowest BCUT2D eigenvalue weighted by Gasteiger charge is -2.28. The summed E-state index contributed by atoms with van der Waals surface area (Å²) in [6.07, 6.45) is 0.570. The van der Waals surface area contributed by atoms with E-state index in [2.05, 4.69) is 12.2 Å². The Morgan fingerprint density at radius 1 is 1.27 bits per heavy atom. The minimum absolute atomic E-state index is 0.0606. The Kier molecular flexibility index (Phi) is 6.37. The number of amides is 2. The lowest BCUT2D eigenvalue weighted by Crippen LogP contribution is -2.46. The maximum atomic E-state index is 12.1. The number of carbonyl (C=O) groups is 2. The van der Waals surface area contributed by atoms with Gasteiger partial charge in [0.05, 0.1) is 20.6 Å². The maximum absolute atomic E-state index is 12.1. The molecule has 0 saturated heterocycles. The summed E-state index contributed by atoms with van der Waals surface area (Å²) in [4.78, 5) is 25.0. The first-order valence-electron chi connectivity index (χ1n) is 7.34. The Bertz CT molecular complexity index is 527. The van der Waals surface area contributed by atoms with Crippen LogP contribution in [0, 0.1) is 0 Å². The fourth-order valence-corrected chi connectivity index (χ4v) is 2.10. The van der Waals surface area contributed by atoms with Crippen molar-refractivity contribution < 1.29 is 18.8 Å². The Morgan fingerprint density at radius 3 is 2.55 bits per heavy atom. The lowest BCUT2D eigenvalue weighted by molar-refractivity contribution is -0.882. The first-order valence-corrected chi connectivity index (χ1v) is 7.34. The molecule has 0 atom stereocenters. The molecular weight excluding hydrogens is 282 g/mol. The quantitative estimate of drug-likeness (QED) is 0.819.